The quantitative estimate of drug-likeness (QED) is 0.308. The van der Waals surface area contributed by atoms with E-state index in [4.69, 9.17) is 21.1 Å². The maximum Gasteiger partial charge on any atom is 0.262 e. The van der Waals surface area contributed by atoms with E-state index in [0.29, 0.717) is 42.0 Å². The Hall–Kier alpha value is -3.58. The highest BCUT2D eigenvalue weighted by atomic mass is 35.5. The Morgan fingerprint density at radius 3 is 2.05 bits per heavy atom. The molecule has 2 aliphatic carbocycles. The molecule has 0 unspecified atom stereocenters. The summed E-state index contributed by atoms with van der Waals surface area (Å²) in [6, 6.07) is 12.7. The summed E-state index contributed by atoms with van der Waals surface area (Å²) in [6.45, 7) is 13.4. The van der Waals surface area contributed by atoms with Gasteiger partial charge in [-0.05, 0) is 66.8 Å². The van der Waals surface area contributed by atoms with E-state index in [2.05, 4.69) is 44.8 Å². The molecule has 1 aliphatic heterocycles. The third kappa shape index (κ3) is 6.44. The predicted molar refractivity (Wildman–Crippen MR) is 173 cm³/mol. The van der Waals surface area contributed by atoms with E-state index < -0.39 is 5.92 Å². The van der Waals surface area contributed by atoms with Gasteiger partial charge in [-0.3, -0.25) is 14.4 Å². The number of carbonyl (C=O) groups excluding carboxylic acids is 3. The number of rotatable bonds is 9. The van der Waals surface area contributed by atoms with Crippen LogP contribution in [0.5, 0.6) is 11.5 Å². The molecule has 0 aromatic heterocycles. The summed E-state index contributed by atoms with van der Waals surface area (Å²) >= 11 is 6.88. The van der Waals surface area contributed by atoms with Crippen molar-refractivity contribution in [3.63, 3.8) is 0 Å². The number of halogens is 1. The summed E-state index contributed by atoms with van der Waals surface area (Å²) in [5, 5.41) is 3.06. The zero-order valence-electron chi connectivity index (χ0n) is 26.6. The van der Waals surface area contributed by atoms with Crippen LogP contribution in [0, 0.1) is 10.8 Å². The van der Waals surface area contributed by atoms with Crippen molar-refractivity contribution < 1.29 is 23.9 Å². The average molecular weight is 619 g/mol. The molecule has 2 aromatic carbocycles. The molecule has 7 nitrogen and oxygen atoms in total. The first kappa shape index (κ1) is 31.8. The maximum absolute atomic E-state index is 14.0. The van der Waals surface area contributed by atoms with Gasteiger partial charge in [0.2, 0.25) is 0 Å². The lowest BCUT2D eigenvalue weighted by atomic mass is 9.63. The van der Waals surface area contributed by atoms with Crippen LogP contribution in [0.3, 0.4) is 0 Å². The molecule has 0 atom stereocenters. The number of nitrogens with one attached hydrogen (secondary N) is 1. The van der Waals surface area contributed by atoms with E-state index in [1.807, 2.05) is 31.2 Å². The Labute approximate surface area is 265 Å². The monoisotopic (exact) mass is 618 g/mol. The molecular formula is C36H43ClN2O5. The smallest absolute Gasteiger partial charge is 0.262 e. The fraction of sp³-hybridized carbons (Fsp3) is 0.472. The van der Waals surface area contributed by atoms with Gasteiger partial charge in [-0.25, -0.2) is 0 Å². The van der Waals surface area contributed by atoms with Crippen molar-refractivity contribution in [3.8, 4) is 11.5 Å². The first-order chi connectivity index (χ1) is 20.8. The summed E-state index contributed by atoms with van der Waals surface area (Å²) < 4.78 is 11.9. The van der Waals surface area contributed by atoms with Crippen LogP contribution in [0.1, 0.15) is 85.1 Å². The topological polar surface area (TPSA) is 84.9 Å². The number of nitrogens with zero attached hydrogens (tertiary/aromatic N) is 1. The van der Waals surface area contributed by atoms with Crippen molar-refractivity contribution in [2.75, 3.05) is 25.1 Å². The largest absolute Gasteiger partial charge is 0.490 e. The summed E-state index contributed by atoms with van der Waals surface area (Å²) in [6.07, 6.45) is 3.22. The Balaban J connectivity index is 1.59. The van der Waals surface area contributed by atoms with Crippen LogP contribution in [0.4, 0.5) is 5.69 Å². The standard InChI is InChI=1S/C36H43ClN2O5/c1-7-14-39-25-17-35(3,4)19-27(40)32(25)31(33-26(39)18-36(5,6)20-28(33)41)22-15-24(37)34(29(16-22)43-8-2)44-21-30(42)38-23-12-10-9-11-13-23/h9-13,15-16,31H,7-8,14,17-21H2,1-6H3,(H,38,42). The number of benzene rings is 2. The number of anilines is 1. The van der Waals surface area contributed by atoms with Crippen molar-refractivity contribution in [2.45, 2.75) is 79.6 Å². The molecule has 0 saturated carbocycles. The lowest BCUT2D eigenvalue weighted by Crippen LogP contribution is -2.44. The number of amides is 1. The van der Waals surface area contributed by atoms with E-state index in [9.17, 15) is 14.4 Å². The van der Waals surface area contributed by atoms with Gasteiger partial charge in [-0.1, -0.05) is 64.4 Å². The van der Waals surface area contributed by atoms with E-state index in [-0.39, 0.29) is 45.7 Å². The van der Waals surface area contributed by atoms with Gasteiger partial charge in [-0.2, -0.15) is 0 Å². The molecular weight excluding hydrogens is 576 g/mol. The van der Waals surface area contributed by atoms with Gasteiger partial charge < -0.3 is 19.7 Å². The highest BCUT2D eigenvalue weighted by Gasteiger charge is 2.49. The van der Waals surface area contributed by atoms with Crippen LogP contribution in [0.25, 0.3) is 0 Å². The molecule has 8 heteroatoms. The second-order valence-electron chi connectivity index (χ2n) is 13.7. The maximum atomic E-state index is 14.0. The minimum absolute atomic E-state index is 0.0681. The van der Waals surface area contributed by atoms with Gasteiger partial charge in [0.05, 0.1) is 11.6 Å². The average Bonchev–Trinajstić information content (AvgIpc) is 2.92. The molecule has 0 bridgehead atoms. The van der Waals surface area contributed by atoms with Crippen LogP contribution < -0.4 is 14.8 Å². The normalized spacial score (nSPS) is 19.5. The van der Waals surface area contributed by atoms with Crippen LogP contribution in [-0.2, 0) is 14.4 Å². The number of ketones is 2. The minimum atomic E-state index is -0.549. The number of hydrogen-bond donors (Lipinski definition) is 1. The number of carbonyl (C=O) groups is 3. The Morgan fingerprint density at radius 1 is 0.909 bits per heavy atom. The van der Waals surface area contributed by atoms with E-state index in [1.54, 1.807) is 18.2 Å². The Kier molecular flexibility index (Phi) is 8.99. The summed E-state index contributed by atoms with van der Waals surface area (Å²) in [5.41, 5.74) is 4.43. The zero-order chi connectivity index (χ0) is 31.8. The van der Waals surface area contributed by atoms with Gasteiger partial charge in [0.1, 0.15) is 0 Å². The number of para-hydroxylation sites is 1. The van der Waals surface area contributed by atoms with Crippen LogP contribution in [0.15, 0.2) is 65.0 Å². The number of hydrogen-bond acceptors (Lipinski definition) is 6. The lowest BCUT2D eigenvalue weighted by Gasteiger charge is -2.49. The molecule has 1 N–H and O–H groups in total. The predicted octanol–water partition coefficient (Wildman–Crippen LogP) is 7.85. The minimum Gasteiger partial charge on any atom is -0.490 e. The molecule has 44 heavy (non-hydrogen) atoms. The van der Waals surface area contributed by atoms with Crippen LogP contribution in [-0.4, -0.2) is 42.1 Å². The molecule has 0 radical (unpaired) electrons. The fourth-order valence-electron chi connectivity index (χ4n) is 6.89. The molecule has 1 heterocycles. The summed E-state index contributed by atoms with van der Waals surface area (Å²) in [7, 11) is 0. The molecule has 3 aliphatic rings. The van der Waals surface area contributed by atoms with Crippen molar-refractivity contribution >= 4 is 34.8 Å². The fourth-order valence-corrected chi connectivity index (χ4v) is 7.16. The van der Waals surface area contributed by atoms with Gasteiger partial charge in [0, 0.05) is 53.5 Å². The van der Waals surface area contributed by atoms with Crippen molar-refractivity contribution in [1.29, 1.82) is 0 Å². The summed E-state index contributed by atoms with van der Waals surface area (Å²) in [4.78, 5) is 43.0. The molecule has 5 rings (SSSR count). The Morgan fingerprint density at radius 2 is 1.50 bits per heavy atom. The van der Waals surface area contributed by atoms with E-state index >= 15 is 0 Å². The molecule has 0 fully saturated rings. The highest BCUT2D eigenvalue weighted by Crippen LogP contribution is 2.55. The third-order valence-electron chi connectivity index (χ3n) is 8.54. The van der Waals surface area contributed by atoms with Crippen LogP contribution >= 0.6 is 11.6 Å². The molecule has 0 spiro atoms. The van der Waals surface area contributed by atoms with Gasteiger partial charge >= 0.3 is 0 Å². The van der Waals surface area contributed by atoms with Gasteiger partial charge in [0.15, 0.2) is 29.7 Å². The van der Waals surface area contributed by atoms with Crippen molar-refractivity contribution in [1.82, 2.24) is 4.90 Å². The highest BCUT2D eigenvalue weighted by molar-refractivity contribution is 6.32. The second kappa shape index (κ2) is 12.4. The third-order valence-corrected chi connectivity index (χ3v) is 8.82. The van der Waals surface area contributed by atoms with E-state index in [0.717, 1.165) is 42.8 Å². The second-order valence-corrected chi connectivity index (χ2v) is 14.1. The van der Waals surface area contributed by atoms with Crippen molar-refractivity contribution in [3.05, 3.63) is 75.6 Å². The summed E-state index contributed by atoms with van der Waals surface area (Å²) in [5.74, 6) is -0.128. The SMILES string of the molecule is CCCN1C2=C(C(=O)CC(C)(C)C2)C(c2cc(Cl)c(OCC(=O)Nc3ccccc3)c(OCC)c2)C2=C1CC(C)(C)CC2=O. The molecule has 0 saturated heterocycles. The molecule has 234 valence electrons. The van der Waals surface area contributed by atoms with Crippen molar-refractivity contribution in [2.24, 2.45) is 10.8 Å². The Bertz CT molecular complexity index is 1480. The lowest BCUT2D eigenvalue weighted by molar-refractivity contribution is -0.120. The van der Waals surface area contributed by atoms with E-state index in [1.165, 1.54) is 0 Å². The van der Waals surface area contributed by atoms with Gasteiger partial charge in [0.25, 0.3) is 5.91 Å². The number of allylic oxidation sites excluding steroid dienone is 4. The van der Waals surface area contributed by atoms with Crippen LogP contribution in [0.2, 0.25) is 5.02 Å². The molecule has 2 aromatic rings. The first-order valence-corrected chi connectivity index (χ1v) is 16.0. The first-order valence-electron chi connectivity index (χ1n) is 15.6. The number of Topliss-reactive ketones (excluding diaryl/α,β-unsaturated/α-hetero) is 2. The zero-order valence-corrected chi connectivity index (χ0v) is 27.4. The molecule has 1 amide bonds. The van der Waals surface area contributed by atoms with Gasteiger partial charge in [-0.15, -0.1) is 0 Å². The number of ether oxygens (including phenoxy) is 2.